The molecule has 0 saturated heterocycles. The number of rotatable bonds is 4. The molecule has 5 N–H and O–H groups in total. The Morgan fingerprint density at radius 2 is 1.59 bits per heavy atom. The van der Waals surface area contributed by atoms with Crippen molar-refractivity contribution in [1.29, 1.82) is 0 Å². The van der Waals surface area contributed by atoms with Gasteiger partial charge >= 0.3 is 0 Å². The van der Waals surface area contributed by atoms with E-state index in [1.807, 2.05) is 10.6 Å². The summed E-state index contributed by atoms with van der Waals surface area (Å²) in [5.41, 5.74) is 9.15. The monoisotopic (exact) mass is 560 g/mol. The zero-order chi connectivity index (χ0) is 28.1. The van der Waals surface area contributed by atoms with Gasteiger partial charge in [0, 0.05) is 29.9 Å². The lowest BCUT2D eigenvalue weighted by Crippen LogP contribution is -2.08. The molecule has 0 radical (unpaired) electrons. The van der Waals surface area contributed by atoms with Gasteiger partial charge in [0.1, 0.15) is 22.8 Å². The number of halogens is 2. The fourth-order valence-electron chi connectivity index (χ4n) is 3.09. The molecule has 0 amide bonds. The van der Waals surface area contributed by atoms with Crippen LogP contribution in [0.15, 0.2) is 36.5 Å². The van der Waals surface area contributed by atoms with E-state index in [1.165, 1.54) is 12.1 Å². The topological polar surface area (TPSA) is 194 Å². The van der Waals surface area contributed by atoms with E-state index in [0.29, 0.717) is 59.0 Å². The van der Waals surface area contributed by atoms with Crippen molar-refractivity contribution in [2.45, 2.75) is 20.4 Å². The molecule has 12 nitrogen and oxygen atoms in total. The van der Waals surface area contributed by atoms with Crippen molar-refractivity contribution >= 4 is 37.3 Å². The first kappa shape index (κ1) is 29.8. The minimum absolute atomic E-state index is 0.199. The van der Waals surface area contributed by atoms with Gasteiger partial charge in [0.25, 0.3) is 20.2 Å². The van der Waals surface area contributed by atoms with Crippen molar-refractivity contribution in [1.82, 2.24) is 24.7 Å². The highest BCUT2D eigenvalue weighted by Gasteiger charge is 2.18. The molecule has 0 aliphatic carbocycles. The predicted octanol–water partition coefficient (Wildman–Crippen LogP) is 3.01. The lowest BCUT2D eigenvalue weighted by Gasteiger charge is -2.09. The highest BCUT2D eigenvalue weighted by molar-refractivity contribution is 7.85. The summed E-state index contributed by atoms with van der Waals surface area (Å²) >= 11 is 0. The molecule has 0 bridgehead atoms. The number of aromatic nitrogens is 5. The van der Waals surface area contributed by atoms with Crippen LogP contribution in [0.1, 0.15) is 13.8 Å². The number of H-pyrrole nitrogens is 1. The molecule has 4 rings (SSSR count). The Kier molecular flexibility index (Phi) is 9.43. The van der Waals surface area contributed by atoms with E-state index in [0.717, 1.165) is 6.07 Å². The number of benzene rings is 1. The molecule has 3 heterocycles. The normalized spacial score (nSPS) is 11.6. The van der Waals surface area contributed by atoms with Crippen LogP contribution in [0.2, 0.25) is 0 Å². The van der Waals surface area contributed by atoms with Crippen LogP contribution in [0.3, 0.4) is 0 Å². The molecule has 0 aliphatic rings. The van der Waals surface area contributed by atoms with Crippen LogP contribution in [0.5, 0.6) is 0 Å². The maximum Gasteiger partial charge on any atom is 0.261 e. The van der Waals surface area contributed by atoms with Gasteiger partial charge in [-0.1, -0.05) is 13.8 Å². The summed E-state index contributed by atoms with van der Waals surface area (Å²) < 4.78 is 81.1. The molecule has 37 heavy (non-hydrogen) atoms. The van der Waals surface area contributed by atoms with Crippen LogP contribution in [0.4, 0.5) is 14.7 Å². The Morgan fingerprint density at radius 3 is 2.14 bits per heavy atom. The number of nitrogens with two attached hydrogens (primary N) is 1. The number of aromatic amines is 1. The molecule has 0 fully saturated rings. The van der Waals surface area contributed by atoms with Crippen molar-refractivity contribution < 1.29 is 34.7 Å². The van der Waals surface area contributed by atoms with Crippen LogP contribution in [-0.2, 0) is 26.8 Å². The van der Waals surface area contributed by atoms with Gasteiger partial charge in [-0.3, -0.25) is 18.8 Å². The lowest BCUT2D eigenvalue weighted by molar-refractivity contribution is 0.488. The molecule has 1 aromatic carbocycles. The Hall–Kier alpha value is -3.47. The third kappa shape index (κ3) is 9.49. The van der Waals surface area contributed by atoms with Crippen LogP contribution < -0.4 is 5.73 Å². The summed E-state index contributed by atoms with van der Waals surface area (Å²) in [7, 11) is -7.33. The third-order valence-electron chi connectivity index (χ3n) is 4.27. The third-order valence-corrected chi connectivity index (χ3v) is 4.27. The van der Waals surface area contributed by atoms with Crippen LogP contribution in [0.25, 0.3) is 33.7 Å². The largest absolute Gasteiger partial charge is 0.369 e. The maximum atomic E-state index is 14.2. The van der Waals surface area contributed by atoms with E-state index in [1.54, 1.807) is 12.3 Å². The fraction of sp³-hybridized carbons (Fsp3) is 0.286. The molecule has 0 atom stereocenters. The van der Waals surface area contributed by atoms with Crippen molar-refractivity contribution in [2.24, 2.45) is 5.92 Å². The summed E-state index contributed by atoms with van der Waals surface area (Å²) in [5, 5.41) is 6.87. The van der Waals surface area contributed by atoms with E-state index in [4.69, 9.17) is 14.8 Å². The summed E-state index contributed by atoms with van der Waals surface area (Å²) in [6.07, 6.45) is 3.07. The van der Waals surface area contributed by atoms with Crippen molar-refractivity contribution in [2.75, 3.05) is 18.2 Å². The van der Waals surface area contributed by atoms with E-state index in [-0.39, 0.29) is 5.56 Å². The molecule has 0 saturated carbocycles. The van der Waals surface area contributed by atoms with Crippen molar-refractivity contribution in [3.63, 3.8) is 0 Å². The first-order chi connectivity index (χ1) is 16.9. The lowest BCUT2D eigenvalue weighted by atomic mass is 10.0. The van der Waals surface area contributed by atoms with Gasteiger partial charge in [-0.25, -0.2) is 18.7 Å². The van der Waals surface area contributed by atoms with Crippen molar-refractivity contribution in [3.05, 3.63) is 48.2 Å². The second-order valence-corrected chi connectivity index (χ2v) is 11.2. The molecular formula is C21H26F2N6O6S2. The van der Waals surface area contributed by atoms with E-state index >= 15 is 0 Å². The van der Waals surface area contributed by atoms with Crippen LogP contribution >= 0.6 is 0 Å². The molecule has 202 valence electrons. The van der Waals surface area contributed by atoms with Crippen molar-refractivity contribution in [3.8, 4) is 22.5 Å². The average molecular weight is 561 g/mol. The first-order valence-corrected chi connectivity index (χ1v) is 14.1. The SMILES string of the molecule is CC(C)Cn1c(N)nc2ccc(-c3c[nH]nc3-c3ccc(F)cc3F)nc21.CS(=O)(=O)O.CS(=O)(=O)O. The second-order valence-electron chi connectivity index (χ2n) is 8.25. The minimum atomic E-state index is -3.67. The standard InChI is InChI=1S/C19H18F2N6.2CH4O3S/c1-10(2)9-27-18-16(25-19(27)22)6-5-15(24-18)13-8-23-26-17(13)12-4-3-11(20)7-14(12)21;2*1-5(2,3)4/h3-8,10H,9H2,1-2H3,(H2,22,25)(H,23,26);2*1H3,(H,2,3,4). The summed E-state index contributed by atoms with van der Waals surface area (Å²) in [4.78, 5) is 9.03. The second kappa shape index (κ2) is 11.7. The zero-order valence-corrected chi connectivity index (χ0v) is 21.8. The highest BCUT2D eigenvalue weighted by Crippen LogP contribution is 2.32. The van der Waals surface area contributed by atoms with Gasteiger partial charge in [-0.2, -0.15) is 21.9 Å². The highest BCUT2D eigenvalue weighted by atomic mass is 32.2. The Morgan fingerprint density at radius 1 is 1.00 bits per heavy atom. The van der Waals surface area contributed by atoms with Crippen LogP contribution in [-0.4, -0.2) is 63.2 Å². The maximum absolute atomic E-state index is 14.2. The summed E-state index contributed by atoms with van der Waals surface area (Å²) in [6.45, 7) is 4.85. The molecule has 3 aromatic heterocycles. The zero-order valence-electron chi connectivity index (χ0n) is 20.2. The smallest absolute Gasteiger partial charge is 0.261 e. The summed E-state index contributed by atoms with van der Waals surface area (Å²) in [6, 6.07) is 7.01. The fourth-order valence-corrected chi connectivity index (χ4v) is 3.09. The number of nitrogens with one attached hydrogen (secondary N) is 1. The number of fused-ring (bicyclic) bond motifs is 1. The molecule has 0 unspecified atom stereocenters. The number of imidazole rings is 1. The molecule has 16 heteroatoms. The van der Waals surface area contributed by atoms with E-state index in [9.17, 15) is 25.6 Å². The number of nitrogen functional groups attached to an aromatic ring is 1. The molecule has 4 aromatic rings. The van der Waals surface area contributed by atoms with Gasteiger partial charge in [0.2, 0.25) is 5.95 Å². The van der Waals surface area contributed by atoms with Gasteiger partial charge in [0.15, 0.2) is 5.65 Å². The molecular weight excluding hydrogens is 534 g/mol. The van der Waals surface area contributed by atoms with E-state index in [2.05, 4.69) is 34.0 Å². The first-order valence-electron chi connectivity index (χ1n) is 10.4. The quantitative estimate of drug-likeness (QED) is 0.269. The number of hydrogen-bond acceptors (Lipinski definition) is 8. The van der Waals surface area contributed by atoms with Gasteiger partial charge < -0.3 is 5.73 Å². The predicted molar refractivity (Wildman–Crippen MR) is 135 cm³/mol. The Balaban J connectivity index is 0.000000412. The van der Waals surface area contributed by atoms with E-state index < -0.39 is 31.9 Å². The Bertz CT molecular complexity index is 1550. The molecule has 0 aliphatic heterocycles. The number of nitrogens with zero attached hydrogens (tertiary/aromatic N) is 4. The van der Waals surface area contributed by atoms with Crippen LogP contribution in [0, 0.1) is 17.6 Å². The molecule has 0 spiro atoms. The Labute approximate surface area is 212 Å². The number of pyridine rings is 1. The summed E-state index contributed by atoms with van der Waals surface area (Å²) in [5.74, 6) is -0.548. The van der Waals surface area contributed by atoms with Gasteiger partial charge in [-0.05, 0) is 30.2 Å². The minimum Gasteiger partial charge on any atom is -0.369 e. The average Bonchev–Trinajstić information content (AvgIpc) is 3.30. The number of anilines is 1. The number of hydrogen-bond donors (Lipinski definition) is 4. The van der Waals surface area contributed by atoms with Gasteiger partial charge in [0.05, 0.1) is 18.2 Å². The van der Waals surface area contributed by atoms with Gasteiger partial charge in [-0.15, -0.1) is 0 Å².